The zero-order chi connectivity index (χ0) is 12.0. The fraction of sp³-hybridized carbons (Fsp3) is 0.500. The number of hydrogen-bond donors (Lipinski definition) is 0. The third-order valence-electron chi connectivity index (χ3n) is 2.51. The van der Waals surface area contributed by atoms with Crippen LogP contribution in [-0.4, -0.2) is 13.2 Å². The molecular formula is C14H18NO. The van der Waals surface area contributed by atoms with Crippen LogP contribution in [0.15, 0.2) is 18.2 Å². The molecule has 0 unspecified atom stereocenters. The minimum Gasteiger partial charge on any atom is -0.379 e. The predicted octanol–water partition coefficient (Wildman–Crippen LogP) is 3.00. The van der Waals surface area contributed by atoms with Gasteiger partial charge in [0.1, 0.15) is 0 Å². The molecule has 0 bridgehead atoms. The van der Waals surface area contributed by atoms with Crippen molar-refractivity contribution in [2.75, 3.05) is 13.2 Å². The van der Waals surface area contributed by atoms with Crippen LogP contribution < -0.4 is 0 Å². The molecule has 1 aromatic rings. The molecule has 1 rings (SSSR count). The van der Waals surface area contributed by atoms with E-state index in [-0.39, 0.29) is 5.41 Å². The quantitative estimate of drug-likeness (QED) is 0.709. The van der Waals surface area contributed by atoms with E-state index in [1.807, 2.05) is 12.1 Å². The molecule has 2 heteroatoms. The summed E-state index contributed by atoms with van der Waals surface area (Å²) in [5.41, 5.74) is 2.34. The molecule has 0 heterocycles. The first kappa shape index (κ1) is 12.7. The monoisotopic (exact) mass is 216 g/mol. The Morgan fingerprint density at radius 1 is 1.50 bits per heavy atom. The molecule has 85 valence electrons. The molecule has 1 radical (unpaired) electrons. The van der Waals surface area contributed by atoms with Crippen LogP contribution in [0, 0.1) is 24.3 Å². The second kappa shape index (κ2) is 5.67. The standard InChI is InChI=1S/C14H18NO/c1-12-6-4-7-13(10-12)14(2,3)11-16-9-5-8-15/h4,6,10H,5,9,11H2,1-3H3. The first-order valence-corrected chi connectivity index (χ1v) is 5.50. The lowest BCUT2D eigenvalue weighted by molar-refractivity contribution is 0.0989. The van der Waals surface area contributed by atoms with Crippen LogP contribution in [0.4, 0.5) is 0 Å². The first-order chi connectivity index (χ1) is 7.56. The third-order valence-corrected chi connectivity index (χ3v) is 2.51. The van der Waals surface area contributed by atoms with Gasteiger partial charge in [-0.25, -0.2) is 0 Å². The van der Waals surface area contributed by atoms with Gasteiger partial charge in [-0.1, -0.05) is 37.6 Å². The summed E-state index contributed by atoms with van der Waals surface area (Å²) in [6.07, 6.45) is 0.452. The highest BCUT2D eigenvalue weighted by Gasteiger charge is 2.20. The number of nitriles is 1. The summed E-state index contributed by atoms with van der Waals surface area (Å²) < 4.78 is 5.49. The van der Waals surface area contributed by atoms with E-state index < -0.39 is 0 Å². The Balaban J connectivity index is 2.60. The molecule has 0 aliphatic heterocycles. The van der Waals surface area contributed by atoms with Crippen molar-refractivity contribution in [3.63, 3.8) is 0 Å². The van der Waals surface area contributed by atoms with Gasteiger partial charge in [-0.2, -0.15) is 5.26 Å². The number of rotatable bonds is 5. The Kier molecular flexibility index (Phi) is 4.52. The van der Waals surface area contributed by atoms with Crippen molar-refractivity contribution < 1.29 is 4.74 Å². The molecule has 0 aromatic heterocycles. The highest BCUT2D eigenvalue weighted by molar-refractivity contribution is 5.27. The summed E-state index contributed by atoms with van der Waals surface area (Å²) in [7, 11) is 0. The second-order valence-corrected chi connectivity index (χ2v) is 4.62. The van der Waals surface area contributed by atoms with Gasteiger partial charge in [0.15, 0.2) is 0 Å². The summed E-state index contributed by atoms with van der Waals surface area (Å²) in [4.78, 5) is 0. The molecule has 1 aromatic carbocycles. The van der Waals surface area contributed by atoms with Crippen LogP contribution in [0.3, 0.4) is 0 Å². The van der Waals surface area contributed by atoms with Gasteiger partial charge in [-0.05, 0) is 18.6 Å². The van der Waals surface area contributed by atoms with Crippen molar-refractivity contribution in [1.82, 2.24) is 0 Å². The molecular weight excluding hydrogens is 198 g/mol. The molecule has 0 atom stereocenters. The Labute approximate surface area is 97.9 Å². The summed E-state index contributed by atoms with van der Waals surface area (Å²) in [5.74, 6) is 0. The Hall–Kier alpha value is -1.33. The SMILES string of the molecule is Cc1cc[c]c(C(C)(C)COCCC#N)c1. The van der Waals surface area contributed by atoms with Gasteiger partial charge in [0.05, 0.1) is 25.7 Å². The normalized spacial score (nSPS) is 11.1. The Morgan fingerprint density at radius 3 is 2.88 bits per heavy atom. The van der Waals surface area contributed by atoms with E-state index in [1.54, 1.807) is 0 Å². The maximum atomic E-state index is 8.41. The molecule has 0 saturated carbocycles. The molecule has 2 nitrogen and oxygen atoms in total. The lowest BCUT2D eigenvalue weighted by Crippen LogP contribution is -2.24. The summed E-state index contributed by atoms with van der Waals surface area (Å²) in [6.45, 7) is 7.46. The topological polar surface area (TPSA) is 33.0 Å². The summed E-state index contributed by atoms with van der Waals surface area (Å²) in [6, 6.07) is 11.4. The highest BCUT2D eigenvalue weighted by Crippen LogP contribution is 2.23. The average Bonchev–Trinajstić information content (AvgIpc) is 2.24. The minimum atomic E-state index is -0.0541. The molecule has 0 amide bonds. The van der Waals surface area contributed by atoms with Gasteiger partial charge < -0.3 is 4.74 Å². The van der Waals surface area contributed by atoms with Crippen molar-refractivity contribution in [3.05, 3.63) is 35.4 Å². The lowest BCUT2D eigenvalue weighted by atomic mass is 9.85. The number of aryl methyl sites for hydroxylation is 1. The zero-order valence-corrected chi connectivity index (χ0v) is 10.2. The number of benzene rings is 1. The smallest absolute Gasteiger partial charge is 0.0645 e. The largest absolute Gasteiger partial charge is 0.379 e. The van der Waals surface area contributed by atoms with Crippen LogP contribution in [0.2, 0.25) is 0 Å². The van der Waals surface area contributed by atoms with E-state index in [1.165, 1.54) is 5.56 Å². The van der Waals surface area contributed by atoms with E-state index in [9.17, 15) is 0 Å². The van der Waals surface area contributed by atoms with Gasteiger partial charge >= 0.3 is 0 Å². The minimum absolute atomic E-state index is 0.0541. The van der Waals surface area contributed by atoms with Gasteiger partial charge in [-0.15, -0.1) is 0 Å². The van der Waals surface area contributed by atoms with Crippen molar-refractivity contribution in [2.45, 2.75) is 32.6 Å². The van der Waals surface area contributed by atoms with E-state index in [0.717, 1.165) is 5.56 Å². The van der Waals surface area contributed by atoms with Crippen molar-refractivity contribution in [2.24, 2.45) is 0 Å². The number of ether oxygens (including phenoxy) is 1. The van der Waals surface area contributed by atoms with Gasteiger partial charge in [0.2, 0.25) is 0 Å². The maximum Gasteiger partial charge on any atom is 0.0645 e. The summed E-state index contributed by atoms with van der Waals surface area (Å²) in [5, 5.41) is 8.41. The van der Waals surface area contributed by atoms with E-state index >= 15 is 0 Å². The Bertz CT molecular complexity index is 377. The molecule has 0 N–H and O–H groups in total. The zero-order valence-electron chi connectivity index (χ0n) is 10.2. The predicted molar refractivity (Wildman–Crippen MR) is 64.1 cm³/mol. The highest BCUT2D eigenvalue weighted by atomic mass is 16.5. The van der Waals surface area contributed by atoms with Crippen LogP contribution >= 0.6 is 0 Å². The van der Waals surface area contributed by atoms with E-state index in [2.05, 4.69) is 39.0 Å². The van der Waals surface area contributed by atoms with Crippen molar-refractivity contribution >= 4 is 0 Å². The van der Waals surface area contributed by atoms with Crippen LogP contribution in [-0.2, 0) is 10.2 Å². The Morgan fingerprint density at radius 2 is 2.25 bits per heavy atom. The molecule has 16 heavy (non-hydrogen) atoms. The van der Waals surface area contributed by atoms with Gasteiger partial charge in [0, 0.05) is 5.41 Å². The summed E-state index contributed by atoms with van der Waals surface area (Å²) >= 11 is 0. The maximum absolute atomic E-state index is 8.41. The van der Waals surface area contributed by atoms with E-state index in [4.69, 9.17) is 10.00 Å². The molecule has 0 aliphatic carbocycles. The second-order valence-electron chi connectivity index (χ2n) is 4.62. The fourth-order valence-corrected chi connectivity index (χ4v) is 1.49. The van der Waals surface area contributed by atoms with Crippen molar-refractivity contribution in [3.8, 4) is 6.07 Å². The van der Waals surface area contributed by atoms with Crippen LogP contribution in [0.25, 0.3) is 0 Å². The van der Waals surface area contributed by atoms with Crippen molar-refractivity contribution in [1.29, 1.82) is 5.26 Å². The van der Waals surface area contributed by atoms with Gasteiger partial charge in [0.25, 0.3) is 0 Å². The lowest BCUT2D eigenvalue weighted by Gasteiger charge is -2.25. The molecule has 0 fully saturated rings. The number of hydrogen-bond acceptors (Lipinski definition) is 2. The van der Waals surface area contributed by atoms with Crippen LogP contribution in [0.1, 0.15) is 31.4 Å². The first-order valence-electron chi connectivity index (χ1n) is 5.50. The van der Waals surface area contributed by atoms with Crippen LogP contribution in [0.5, 0.6) is 0 Å². The average molecular weight is 216 g/mol. The van der Waals surface area contributed by atoms with Gasteiger partial charge in [-0.3, -0.25) is 0 Å². The molecule has 0 aliphatic rings. The number of nitrogens with zero attached hydrogens (tertiary/aromatic N) is 1. The van der Waals surface area contributed by atoms with E-state index in [0.29, 0.717) is 19.6 Å². The molecule has 0 saturated heterocycles. The fourth-order valence-electron chi connectivity index (χ4n) is 1.49. The third kappa shape index (κ3) is 3.67. The molecule has 0 spiro atoms.